The lowest BCUT2D eigenvalue weighted by Crippen LogP contribution is -2.18. The summed E-state index contributed by atoms with van der Waals surface area (Å²) in [5.41, 5.74) is 2.94. The molecule has 5 heteroatoms. The number of carbonyl (C=O) groups is 1. The number of aryl methyl sites for hydroxylation is 1. The third-order valence-electron chi connectivity index (χ3n) is 2.84. The van der Waals surface area contributed by atoms with E-state index in [0.29, 0.717) is 12.2 Å². The van der Waals surface area contributed by atoms with Crippen LogP contribution in [0.3, 0.4) is 0 Å². The summed E-state index contributed by atoms with van der Waals surface area (Å²) in [7, 11) is 0. The molecule has 2 aromatic rings. The van der Waals surface area contributed by atoms with Crippen LogP contribution in [0, 0.1) is 6.92 Å². The molecule has 0 spiro atoms. The first-order chi connectivity index (χ1) is 9.70. The van der Waals surface area contributed by atoms with Crippen LogP contribution in [0.15, 0.2) is 36.7 Å². The van der Waals surface area contributed by atoms with Crippen LogP contribution in [0.25, 0.3) is 0 Å². The first-order valence-electron chi connectivity index (χ1n) is 6.59. The third kappa shape index (κ3) is 3.61. The number of nitrogens with zero attached hydrogens (tertiary/aromatic N) is 2. The Kier molecular flexibility index (Phi) is 4.79. The van der Waals surface area contributed by atoms with Crippen molar-refractivity contribution in [1.82, 2.24) is 15.3 Å². The van der Waals surface area contributed by atoms with Gasteiger partial charge in [0.2, 0.25) is 0 Å². The van der Waals surface area contributed by atoms with Gasteiger partial charge in [0.05, 0.1) is 11.9 Å². The molecule has 0 aliphatic heterocycles. The summed E-state index contributed by atoms with van der Waals surface area (Å²) >= 11 is 0. The van der Waals surface area contributed by atoms with E-state index in [1.54, 1.807) is 6.20 Å². The Labute approximate surface area is 118 Å². The highest BCUT2D eigenvalue weighted by atomic mass is 16.1. The molecule has 1 aromatic carbocycles. The predicted octanol–water partition coefficient (Wildman–Crippen LogP) is 2.15. The van der Waals surface area contributed by atoms with Crippen molar-refractivity contribution < 1.29 is 4.79 Å². The van der Waals surface area contributed by atoms with Gasteiger partial charge in [-0.25, -0.2) is 4.98 Å². The fourth-order valence-corrected chi connectivity index (χ4v) is 1.75. The molecule has 0 aliphatic carbocycles. The first-order valence-corrected chi connectivity index (χ1v) is 6.59. The molecule has 1 heterocycles. The van der Waals surface area contributed by atoms with Gasteiger partial charge in [0, 0.05) is 18.4 Å². The summed E-state index contributed by atoms with van der Waals surface area (Å²) in [4.78, 5) is 20.3. The van der Waals surface area contributed by atoms with E-state index in [1.165, 1.54) is 6.20 Å². The van der Waals surface area contributed by atoms with Crippen LogP contribution in [0.2, 0.25) is 0 Å². The maximum absolute atomic E-state index is 12.1. The molecule has 0 bridgehead atoms. The van der Waals surface area contributed by atoms with Gasteiger partial charge in [-0.3, -0.25) is 9.78 Å². The van der Waals surface area contributed by atoms with Gasteiger partial charge in [0.1, 0.15) is 5.69 Å². The van der Waals surface area contributed by atoms with Crippen molar-refractivity contribution in [1.29, 1.82) is 0 Å². The Morgan fingerprint density at radius 1 is 1.20 bits per heavy atom. The predicted molar refractivity (Wildman–Crippen MR) is 78.5 cm³/mol. The Bertz CT molecular complexity index is 581. The topological polar surface area (TPSA) is 66.9 Å². The van der Waals surface area contributed by atoms with Gasteiger partial charge >= 0.3 is 0 Å². The van der Waals surface area contributed by atoms with Crippen molar-refractivity contribution in [3.8, 4) is 0 Å². The quantitative estimate of drug-likeness (QED) is 0.873. The molecule has 0 fully saturated rings. The van der Waals surface area contributed by atoms with Gasteiger partial charge in [0.25, 0.3) is 5.91 Å². The molecular weight excluding hydrogens is 252 g/mol. The number of aromatic nitrogens is 2. The number of amides is 1. The number of rotatable bonds is 5. The standard InChI is InChI=1S/C15H18N4O/c1-3-16-9-12-6-4-5-7-13(12)19-15(20)14-10-17-11(2)8-18-14/h4-8,10,16H,3,9H2,1-2H3,(H,19,20). The molecule has 0 saturated carbocycles. The first kappa shape index (κ1) is 14.1. The molecule has 2 rings (SSSR count). The zero-order valence-corrected chi connectivity index (χ0v) is 11.7. The average molecular weight is 270 g/mol. The maximum atomic E-state index is 12.1. The lowest BCUT2D eigenvalue weighted by molar-refractivity contribution is 0.102. The molecule has 1 aromatic heterocycles. The van der Waals surface area contributed by atoms with Gasteiger partial charge < -0.3 is 10.6 Å². The van der Waals surface area contributed by atoms with E-state index in [0.717, 1.165) is 23.5 Å². The second-order valence-corrected chi connectivity index (χ2v) is 4.43. The SMILES string of the molecule is CCNCc1ccccc1NC(=O)c1cnc(C)cn1. The molecule has 104 valence electrons. The highest BCUT2D eigenvalue weighted by Crippen LogP contribution is 2.15. The van der Waals surface area contributed by atoms with E-state index in [4.69, 9.17) is 0 Å². The minimum atomic E-state index is -0.249. The monoisotopic (exact) mass is 270 g/mol. The Morgan fingerprint density at radius 2 is 2.00 bits per heavy atom. The summed E-state index contributed by atoms with van der Waals surface area (Å²) in [6.07, 6.45) is 3.07. The van der Waals surface area contributed by atoms with Crippen LogP contribution in [0.1, 0.15) is 28.7 Å². The lowest BCUT2D eigenvalue weighted by atomic mass is 10.1. The number of benzene rings is 1. The van der Waals surface area contributed by atoms with Gasteiger partial charge in [-0.1, -0.05) is 25.1 Å². The van der Waals surface area contributed by atoms with Crippen molar-refractivity contribution in [2.24, 2.45) is 0 Å². The Hall–Kier alpha value is -2.27. The fourth-order valence-electron chi connectivity index (χ4n) is 1.75. The summed E-state index contributed by atoms with van der Waals surface area (Å²) < 4.78 is 0. The van der Waals surface area contributed by atoms with Gasteiger partial charge in [0.15, 0.2) is 0 Å². The number of para-hydroxylation sites is 1. The van der Waals surface area contributed by atoms with Gasteiger partial charge in [-0.2, -0.15) is 0 Å². The smallest absolute Gasteiger partial charge is 0.275 e. The van der Waals surface area contributed by atoms with Crippen molar-refractivity contribution in [2.75, 3.05) is 11.9 Å². The van der Waals surface area contributed by atoms with E-state index < -0.39 is 0 Å². The molecule has 2 N–H and O–H groups in total. The van der Waals surface area contributed by atoms with Crippen molar-refractivity contribution in [3.05, 3.63) is 53.6 Å². The summed E-state index contributed by atoms with van der Waals surface area (Å²) in [5.74, 6) is -0.249. The molecule has 0 atom stereocenters. The highest BCUT2D eigenvalue weighted by Gasteiger charge is 2.10. The van der Waals surface area contributed by atoms with Crippen LogP contribution in [-0.2, 0) is 6.54 Å². The van der Waals surface area contributed by atoms with E-state index >= 15 is 0 Å². The zero-order chi connectivity index (χ0) is 14.4. The number of hydrogen-bond donors (Lipinski definition) is 2. The molecule has 0 radical (unpaired) electrons. The summed E-state index contributed by atoms with van der Waals surface area (Å²) in [6.45, 7) is 5.47. The maximum Gasteiger partial charge on any atom is 0.275 e. The molecule has 5 nitrogen and oxygen atoms in total. The van der Waals surface area contributed by atoms with E-state index in [1.807, 2.05) is 38.1 Å². The zero-order valence-electron chi connectivity index (χ0n) is 11.7. The Balaban J connectivity index is 2.13. The van der Waals surface area contributed by atoms with Crippen LogP contribution >= 0.6 is 0 Å². The van der Waals surface area contributed by atoms with Crippen molar-refractivity contribution in [3.63, 3.8) is 0 Å². The van der Waals surface area contributed by atoms with Gasteiger partial charge in [-0.05, 0) is 25.1 Å². The van der Waals surface area contributed by atoms with E-state index in [-0.39, 0.29) is 5.91 Å². The van der Waals surface area contributed by atoms with Crippen LogP contribution in [-0.4, -0.2) is 22.4 Å². The summed E-state index contributed by atoms with van der Waals surface area (Å²) in [5, 5.41) is 6.12. The van der Waals surface area contributed by atoms with Crippen LogP contribution < -0.4 is 10.6 Å². The van der Waals surface area contributed by atoms with Gasteiger partial charge in [-0.15, -0.1) is 0 Å². The molecule has 0 unspecified atom stereocenters. The molecule has 0 saturated heterocycles. The van der Waals surface area contributed by atoms with Crippen LogP contribution in [0.4, 0.5) is 5.69 Å². The molecule has 1 amide bonds. The second-order valence-electron chi connectivity index (χ2n) is 4.43. The molecule has 0 aliphatic rings. The van der Waals surface area contributed by atoms with Crippen molar-refractivity contribution in [2.45, 2.75) is 20.4 Å². The number of nitrogens with one attached hydrogen (secondary N) is 2. The van der Waals surface area contributed by atoms with Crippen molar-refractivity contribution >= 4 is 11.6 Å². The lowest BCUT2D eigenvalue weighted by Gasteiger charge is -2.11. The van der Waals surface area contributed by atoms with E-state index in [2.05, 4.69) is 20.6 Å². The summed E-state index contributed by atoms with van der Waals surface area (Å²) in [6, 6.07) is 7.71. The largest absolute Gasteiger partial charge is 0.320 e. The normalized spacial score (nSPS) is 10.3. The van der Waals surface area contributed by atoms with Crippen LogP contribution in [0.5, 0.6) is 0 Å². The molecule has 20 heavy (non-hydrogen) atoms. The Morgan fingerprint density at radius 3 is 2.70 bits per heavy atom. The number of hydrogen-bond acceptors (Lipinski definition) is 4. The fraction of sp³-hybridized carbons (Fsp3) is 0.267. The average Bonchev–Trinajstić information content (AvgIpc) is 2.47. The number of carbonyl (C=O) groups excluding carboxylic acids is 1. The highest BCUT2D eigenvalue weighted by molar-refractivity contribution is 6.03. The minimum Gasteiger partial charge on any atom is -0.320 e. The number of anilines is 1. The minimum absolute atomic E-state index is 0.249. The third-order valence-corrected chi connectivity index (χ3v) is 2.84. The second kappa shape index (κ2) is 6.77. The van der Waals surface area contributed by atoms with E-state index in [9.17, 15) is 4.79 Å². The molecular formula is C15H18N4O.